The van der Waals surface area contributed by atoms with Gasteiger partial charge >= 0.3 is 0 Å². The number of benzene rings is 1. The number of carbonyl (C=O) groups excluding carboxylic acids is 1. The number of carbonyl (C=O) groups is 1. The largest absolute Gasteiger partial charge is 0.356 e. The number of imidazole rings is 1. The summed E-state index contributed by atoms with van der Waals surface area (Å²) in [5.74, 6) is 0.123. The predicted octanol–water partition coefficient (Wildman–Crippen LogP) is 3.85. The Kier molecular flexibility index (Phi) is 7.67. The smallest absolute Gasteiger partial charge is 0.220 e. The van der Waals surface area contributed by atoms with Crippen LogP contribution >= 0.6 is 11.6 Å². The average molecular weight is 334 g/mol. The summed E-state index contributed by atoms with van der Waals surface area (Å²) in [5, 5.41) is 3.72. The van der Waals surface area contributed by atoms with Gasteiger partial charge < -0.3 is 9.88 Å². The number of aromatic nitrogens is 2. The third-order valence-electron chi connectivity index (χ3n) is 3.78. The van der Waals surface area contributed by atoms with E-state index < -0.39 is 0 Å². The molecule has 0 atom stereocenters. The van der Waals surface area contributed by atoms with Crippen LogP contribution in [0.2, 0.25) is 5.02 Å². The molecule has 0 aliphatic rings. The molecule has 0 fully saturated rings. The summed E-state index contributed by atoms with van der Waals surface area (Å²) in [6, 6.07) is 7.66. The quantitative estimate of drug-likeness (QED) is 0.671. The maximum Gasteiger partial charge on any atom is 0.220 e. The highest BCUT2D eigenvalue weighted by atomic mass is 35.5. The van der Waals surface area contributed by atoms with Crippen molar-refractivity contribution in [2.24, 2.45) is 0 Å². The second-order valence-electron chi connectivity index (χ2n) is 5.69. The summed E-state index contributed by atoms with van der Waals surface area (Å²) in [6.45, 7) is 1.79. The molecule has 0 bridgehead atoms. The van der Waals surface area contributed by atoms with Crippen molar-refractivity contribution in [2.45, 2.75) is 45.1 Å². The lowest BCUT2D eigenvalue weighted by Gasteiger charge is -2.06. The highest BCUT2D eigenvalue weighted by Gasteiger charge is 2.02. The van der Waals surface area contributed by atoms with Crippen molar-refractivity contribution in [1.29, 1.82) is 0 Å². The van der Waals surface area contributed by atoms with E-state index in [2.05, 4.69) is 14.9 Å². The van der Waals surface area contributed by atoms with E-state index in [0.717, 1.165) is 49.4 Å². The van der Waals surface area contributed by atoms with E-state index >= 15 is 0 Å². The van der Waals surface area contributed by atoms with Gasteiger partial charge in [-0.15, -0.1) is 0 Å². The molecule has 1 aromatic heterocycles. The fourth-order valence-electron chi connectivity index (χ4n) is 2.42. The molecule has 2 aromatic rings. The molecule has 0 saturated heterocycles. The Hall–Kier alpha value is -1.81. The molecule has 1 N–H and O–H groups in total. The number of aryl methyl sites for hydroxylation is 2. The maximum atomic E-state index is 11.8. The minimum absolute atomic E-state index is 0.123. The second-order valence-corrected chi connectivity index (χ2v) is 6.13. The molecule has 0 radical (unpaired) electrons. The first kappa shape index (κ1) is 17.5. The van der Waals surface area contributed by atoms with Crippen LogP contribution in [-0.4, -0.2) is 22.0 Å². The van der Waals surface area contributed by atoms with E-state index in [-0.39, 0.29) is 5.91 Å². The fraction of sp³-hybridized carbons (Fsp3) is 0.444. The van der Waals surface area contributed by atoms with Gasteiger partial charge in [-0.25, -0.2) is 4.98 Å². The standard InChI is InChI=1S/C18H24ClN3O/c19-17-8-5-16(6-9-17)7-10-18(23)21-11-3-1-2-4-13-22-14-12-20-15-22/h5-6,8-9,12,14-15H,1-4,7,10-11,13H2,(H,21,23). The predicted molar refractivity (Wildman–Crippen MR) is 93.5 cm³/mol. The van der Waals surface area contributed by atoms with Crippen molar-refractivity contribution in [3.63, 3.8) is 0 Å². The summed E-state index contributed by atoms with van der Waals surface area (Å²) < 4.78 is 2.10. The number of hydrogen-bond donors (Lipinski definition) is 1. The highest BCUT2D eigenvalue weighted by molar-refractivity contribution is 6.30. The van der Waals surface area contributed by atoms with E-state index in [0.29, 0.717) is 6.42 Å². The summed E-state index contributed by atoms with van der Waals surface area (Å²) in [6.07, 6.45) is 11.4. The first-order valence-electron chi connectivity index (χ1n) is 8.21. The molecule has 0 spiro atoms. The van der Waals surface area contributed by atoms with E-state index in [1.807, 2.05) is 36.8 Å². The summed E-state index contributed by atoms with van der Waals surface area (Å²) in [5.41, 5.74) is 1.14. The molecule has 0 aliphatic heterocycles. The Morgan fingerprint density at radius 2 is 1.91 bits per heavy atom. The topological polar surface area (TPSA) is 46.9 Å². The number of halogens is 1. The molecular formula is C18H24ClN3O. The second kappa shape index (κ2) is 10.1. The SMILES string of the molecule is O=C(CCc1ccc(Cl)cc1)NCCCCCCn1ccnc1. The van der Waals surface area contributed by atoms with Crippen molar-refractivity contribution < 1.29 is 4.79 Å². The zero-order chi connectivity index (χ0) is 16.3. The van der Waals surface area contributed by atoms with Gasteiger partial charge in [0.05, 0.1) is 6.33 Å². The van der Waals surface area contributed by atoms with Crippen LogP contribution in [0.4, 0.5) is 0 Å². The lowest BCUT2D eigenvalue weighted by Crippen LogP contribution is -2.24. The van der Waals surface area contributed by atoms with Gasteiger partial charge in [-0.05, 0) is 37.0 Å². The van der Waals surface area contributed by atoms with Crippen LogP contribution in [0.25, 0.3) is 0 Å². The Morgan fingerprint density at radius 3 is 2.65 bits per heavy atom. The normalized spacial score (nSPS) is 10.7. The molecule has 124 valence electrons. The van der Waals surface area contributed by atoms with Crippen molar-refractivity contribution >= 4 is 17.5 Å². The van der Waals surface area contributed by atoms with E-state index in [9.17, 15) is 4.79 Å². The molecule has 1 heterocycles. The van der Waals surface area contributed by atoms with Gasteiger partial charge in [-0.3, -0.25) is 4.79 Å². The fourth-order valence-corrected chi connectivity index (χ4v) is 2.54. The summed E-state index contributed by atoms with van der Waals surface area (Å²) >= 11 is 5.84. The van der Waals surface area contributed by atoms with Gasteiger partial charge in [0.2, 0.25) is 5.91 Å². The first-order chi connectivity index (χ1) is 11.2. The van der Waals surface area contributed by atoms with Crippen LogP contribution in [0.3, 0.4) is 0 Å². The van der Waals surface area contributed by atoms with Crippen LogP contribution in [0.15, 0.2) is 43.0 Å². The lowest BCUT2D eigenvalue weighted by molar-refractivity contribution is -0.121. The van der Waals surface area contributed by atoms with Gasteiger partial charge in [0.1, 0.15) is 0 Å². The number of rotatable bonds is 10. The minimum Gasteiger partial charge on any atom is -0.356 e. The maximum absolute atomic E-state index is 11.8. The monoisotopic (exact) mass is 333 g/mol. The molecule has 5 heteroatoms. The molecule has 23 heavy (non-hydrogen) atoms. The molecule has 1 amide bonds. The number of hydrogen-bond acceptors (Lipinski definition) is 2. The van der Waals surface area contributed by atoms with Crippen molar-refractivity contribution in [1.82, 2.24) is 14.9 Å². The van der Waals surface area contributed by atoms with Gasteiger partial charge in [-0.2, -0.15) is 0 Å². The van der Waals surface area contributed by atoms with E-state index in [4.69, 9.17) is 11.6 Å². The minimum atomic E-state index is 0.123. The van der Waals surface area contributed by atoms with Crippen molar-refractivity contribution in [3.05, 3.63) is 53.6 Å². The third-order valence-corrected chi connectivity index (χ3v) is 4.03. The molecule has 0 saturated carbocycles. The first-order valence-corrected chi connectivity index (χ1v) is 8.59. The number of nitrogens with one attached hydrogen (secondary N) is 1. The van der Waals surface area contributed by atoms with Crippen LogP contribution in [-0.2, 0) is 17.8 Å². The molecule has 0 unspecified atom stereocenters. The van der Waals surface area contributed by atoms with Crippen LogP contribution in [0, 0.1) is 0 Å². The summed E-state index contributed by atoms with van der Waals surface area (Å²) in [4.78, 5) is 15.8. The number of unbranched alkanes of at least 4 members (excludes halogenated alkanes) is 3. The van der Waals surface area contributed by atoms with Gasteiger partial charge in [0.25, 0.3) is 0 Å². The Balaban J connectivity index is 1.46. The Morgan fingerprint density at radius 1 is 1.13 bits per heavy atom. The average Bonchev–Trinajstić information content (AvgIpc) is 3.07. The number of nitrogens with zero attached hydrogens (tertiary/aromatic N) is 2. The van der Waals surface area contributed by atoms with Crippen LogP contribution < -0.4 is 5.32 Å². The van der Waals surface area contributed by atoms with Crippen molar-refractivity contribution in [3.8, 4) is 0 Å². The van der Waals surface area contributed by atoms with Crippen molar-refractivity contribution in [2.75, 3.05) is 6.54 Å². The Bertz CT molecular complexity index is 566. The zero-order valence-electron chi connectivity index (χ0n) is 13.4. The van der Waals surface area contributed by atoms with Crippen LogP contribution in [0.1, 0.15) is 37.7 Å². The van der Waals surface area contributed by atoms with Gasteiger partial charge in [0, 0.05) is 36.9 Å². The zero-order valence-corrected chi connectivity index (χ0v) is 14.1. The lowest BCUT2D eigenvalue weighted by atomic mass is 10.1. The third kappa shape index (κ3) is 7.33. The van der Waals surface area contributed by atoms with Crippen LogP contribution in [0.5, 0.6) is 0 Å². The summed E-state index contributed by atoms with van der Waals surface area (Å²) in [7, 11) is 0. The van der Waals surface area contributed by atoms with E-state index in [1.165, 1.54) is 6.42 Å². The Labute approximate surface area is 142 Å². The number of amides is 1. The highest BCUT2D eigenvalue weighted by Crippen LogP contribution is 2.10. The molecule has 4 nitrogen and oxygen atoms in total. The molecule has 2 rings (SSSR count). The van der Waals surface area contributed by atoms with Gasteiger partial charge in [-0.1, -0.05) is 36.6 Å². The van der Waals surface area contributed by atoms with Gasteiger partial charge in [0.15, 0.2) is 0 Å². The molecule has 1 aromatic carbocycles. The molecular weight excluding hydrogens is 310 g/mol. The van der Waals surface area contributed by atoms with E-state index in [1.54, 1.807) is 6.20 Å². The molecule has 0 aliphatic carbocycles.